The Balaban J connectivity index is 2.12. The molecule has 2 aromatic carbocycles. The van der Waals surface area contributed by atoms with Gasteiger partial charge in [-0.05, 0) is 66.5 Å². The Morgan fingerprint density at radius 2 is 1.59 bits per heavy atom. The Morgan fingerprint density at radius 3 is 2.10 bits per heavy atom. The molecule has 2 aromatic rings. The van der Waals surface area contributed by atoms with Gasteiger partial charge in [-0.3, -0.25) is 4.79 Å². The van der Waals surface area contributed by atoms with E-state index in [1.165, 1.54) is 29.4 Å². The number of carbonyl (C=O) groups is 2. The summed E-state index contributed by atoms with van der Waals surface area (Å²) >= 11 is 0. The molecule has 1 fully saturated rings. The number of benzene rings is 2. The van der Waals surface area contributed by atoms with E-state index in [1.54, 1.807) is 4.90 Å². The van der Waals surface area contributed by atoms with Gasteiger partial charge >= 0.3 is 5.97 Å². The normalized spacial score (nSPS) is 18.7. The highest BCUT2D eigenvalue weighted by atomic mass is 16.5. The molecule has 2 atom stereocenters. The van der Waals surface area contributed by atoms with Crippen LogP contribution in [0, 0.1) is 0 Å². The molecule has 2 unspecified atom stereocenters. The second-order valence-electron chi connectivity index (χ2n) is 7.60. The van der Waals surface area contributed by atoms with Crippen molar-refractivity contribution >= 4 is 11.9 Å². The lowest BCUT2D eigenvalue weighted by Gasteiger charge is -2.32. The highest BCUT2D eigenvalue weighted by molar-refractivity contribution is 5.97. The summed E-state index contributed by atoms with van der Waals surface area (Å²) in [5, 5.41) is 0. The van der Waals surface area contributed by atoms with Gasteiger partial charge in [0.25, 0.3) is 5.91 Å². The van der Waals surface area contributed by atoms with Crippen molar-refractivity contribution < 1.29 is 14.3 Å². The number of hydrogen-bond acceptors (Lipinski definition) is 3. The summed E-state index contributed by atoms with van der Waals surface area (Å²) in [5.41, 5.74) is 5.72. The fourth-order valence-electron chi connectivity index (χ4n) is 4.54. The van der Waals surface area contributed by atoms with Crippen LogP contribution in [0.3, 0.4) is 0 Å². The first-order valence-electron chi connectivity index (χ1n) is 10.7. The number of hydrogen-bond donors (Lipinski definition) is 0. The lowest BCUT2D eigenvalue weighted by Crippen LogP contribution is -2.42. The third kappa shape index (κ3) is 4.07. The van der Waals surface area contributed by atoms with Crippen molar-refractivity contribution in [2.24, 2.45) is 0 Å². The van der Waals surface area contributed by atoms with Crippen molar-refractivity contribution in [1.29, 1.82) is 0 Å². The lowest BCUT2D eigenvalue weighted by atomic mass is 9.88. The van der Waals surface area contributed by atoms with Crippen LogP contribution in [0.15, 0.2) is 42.5 Å². The zero-order valence-electron chi connectivity index (χ0n) is 17.9. The van der Waals surface area contributed by atoms with Crippen molar-refractivity contribution in [1.82, 2.24) is 4.90 Å². The lowest BCUT2D eigenvalue weighted by molar-refractivity contribution is -0.145. The van der Waals surface area contributed by atoms with Crippen LogP contribution in [-0.2, 0) is 28.8 Å². The van der Waals surface area contributed by atoms with E-state index in [2.05, 4.69) is 32.9 Å². The first-order valence-corrected chi connectivity index (χ1v) is 10.7. The minimum atomic E-state index is -0.544. The molecule has 154 valence electrons. The first kappa shape index (κ1) is 21.1. The van der Waals surface area contributed by atoms with Crippen LogP contribution in [0.1, 0.15) is 72.3 Å². The standard InChI is InChI=1S/C25H31NO3/c1-5-17-15-18(6-2)23(19(7-3)16-17)21-13-14-22(25(28)29-4)26(21)24(27)20-11-9-8-10-12-20/h8-12,15-16,21-22H,5-7,13-14H2,1-4H3. The maximum absolute atomic E-state index is 13.5. The molecule has 1 amide bonds. The van der Waals surface area contributed by atoms with Gasteiger partial charge in [-0.25, -0.2) is 4.79 Å². The Morgan fingerprint density at radius 1 is 0.966 bits per heavy atom. The number of methoxy groups -OCH3 is 1. The molecule has 1 saturated heterocycles. The zero-order valence-corrected chi connectivity index (χ0v) is 17.9. The van der Waals surface area contributed by atoms with E-state index in [9.17, 15) is 9.59 Å². The maximum atomic E-state index is 13.5. The predicted octanol–water partition coefficient (Wildman–Crippen LogP) is 4.89. The van der Waals surface area contributed by atoms with Gasteiger partial charge in [0.15, 0.2) is 0 Å². The maximum Gasteiger partial charge on any atom is 0.328 e. The van der Waals surface area contributed by atoms with Crippen molar-refractivity contribution in [3.8, 4) is 0 Å². The Labute approximate surface area is 173 Å². The van der Waals surface area contributed by atoms with E-state index in [4.69, 9.17) is 4.74 Å². The Kier molecular flexibility index (Phi) is 6.73. The number of aryl methyl sites for hydroxylation is 3. The molecule has 3 rings (SSSR count). The van der Waals surface area contributed by atoms with E-state index in [-0.39, 0.29) is 17.9 Å². The number of rotatable bonds is 6. The molecule has 4 heteroatoms. The summed E-state index contributed by atoms with van der Waals surface area (Å²) in [5.74, 6) is -0.440. The molecule has 1 aliphatic heterocycles. The molecule has 1 aliphatic rings. The van der Waals surface area contributed by atoms with Crippen LogP contribution in [0.25, 0.3) is 0 Å². The molecule has 0 radical (unpaired) electrons. The quantitative estimate of drug-likeness (QED) is 0.656. The minimum absolute atomic E-state index is 0.104. The summed E-state index contributed by atoms with van der Waals surface area (Å²) in [6, 6.07) is 13.1. The molecule has 1 heterocycles. The smallest absolute Gasteiger partial charge is 0.328 e. The largest absolute Gasteiger partial charge is 0.467 e. The van der Waals surface area contributed by atoms with Crippen molar-refractivity contribution in [2.45, 2.75) is 65.0 Å². The summed E-state index contributed by atoms with van der Waals surface area (Å²) in [4.78, 5) is 27.8. The minimum Gasteiger partial charge on any atom is -0.467 e. The Bertz CT molecular complexity index is 850. The zero-order chi connectivity index (χ0) is 21.0. The molecular weight excluding hydrogens is 362 g/mol. The van der Waals surface area contributed by atoms with Gasteiger partial charge in [-0.15, -0.1) is 0 Å². The third-order valence-electron chi connectivity index (χ3n) is 6.03. The molecule has 0 N–H and O–H groups in total. The topological polar surface area (TPSA) is 46.6 Å². The predicted molar refractivity (Wildman–Crippen MR) is 115 cm³/mol. The second-order valence-corrected chi connectivity index (χ2v) is 7.60. The number of nitrogens with zero attached hydrogens (tertiary/aromatic N) is 1. The number of esters is 1. The third-order valence-corrected chi connectivity index (χ3v) is 6.03. The molecule has 0 bridgehead atoms. The van der Waals surface area contributed by atoms with Crippen molar-refractivity contribution in [3.63, 3.8) is 0 Å². The molecule has 4 nitrogen and oxygen atoms in total. The average molecular weight is 394 g/mol. The van der Waals surface area contributed by atoms with E-state index in [0.29, 0.717) is 12.0 Å². The van der Waals surface area contributed by atoms with Crippen LogP contribution in [0.5, 0.6) is 0 Å². The van der Waals surface area contributed by atoms with Crippen molar-refractivity contribution in [3.05, 3.63) is 70.3 Å². The van der Waals surface area contributed by atoms with Gasteiger partial charge in [0.2, 0.25) is 0 Å². The van der Waals surface area contributed by atoms with Crippen LogP contribution < -0.4 is 0 Å². The summed E-state index contributed by atoms with van der Waals surface area (Å²) in [6.45, 7) is 6.49. The second kappa shape index (κ2) is 9.25. The number of likely N-dealkylation sites (tertiary alicyclic amines) is 1. The molecular formula is C25H31NO3. The highest BCUT2D eigenvalue weighted by Gasteiger charge is 2.43. The van der Waals surface area contributed by atoms with Crippen LogP contribution >= 0.6 is 0 Å². The van der Waals surface area contributed by atoms with Crippen LogP contribution in [-0.4, -0.2) is 29.9 Å². The van der Waals surface area contributed by atoms with Gasteiger partial charge in [0.05, 0.1) is 13.2 Å². The van der Waals surface area contributed by atoms with E-state index >= 15 is 0 Å². The van der Waals surface area contributed by atoms with E-state index in [0.717, 1.165) is 25.7 Å². The monoisotopic (exact) mass is 393 g/mol. The first-order chi connectivity index (χ1) is 14.0. The average Bonchev–Trinajstić information content (AvgIpc) is 3.21. The van der Waals surface area contributed by atoms with E-state index in [1.807, 2.05) is 30.3 Å². The van der Waals surface area contributed by atoms with E-state index < -0.39 is 6.04 Å². The summed E-state index contributed by atoms with van der Waals surface area (Å²) < 4.78 is 5.05. The number of amides is 1. The fourth-order valence-corrected chi connectivity index (χ4v) is 4.54. The SMILES string of the molecule is CCc1cc(CC)c(C2CCC(C(=O)OC)N2C(=O)c2ccccc2)c(CC)c1. The van der Waals surface area contributed by atoms with Crippen LogP contribution in [0.4, 0.5) is 0 Å². The Hall–Kier alpha value is -2.62. The summed E-state index contributed by atoms with van der Waals surface area (Å²) in [7, 11) is 1.39. The van der Waals surface area contributed by atoms with Crippen molar-refractivity contribution in [2.75, 3.05) is 7.11 Å². The van der Waals surface area contributed by atoms with Gasteiger partial charge < -0.3 is 9.64 Å². The molecule has 0 spiro atoms. The molecule has 0 aromatic heterocycles. The molecule has 29 heavy (non-hydrogen) atoms. The van der Waals surface area contributed by atoms with Gasteiger partial charge in [-0.1, -0.05) is 51.1 Å². The van der Waals surface area contributed by atoms with Gasteiger partial charge in [-0.2, -0.15) is 0 Å². The summed E-state index contributed by atoms with van der Waals surface area (Å²) in [6.07, 6.45) is 4.19. The van der Waals surface area contributed by atoms with Gasteiger partial charge in [0.1, 0.15) is 6.04 Å². The van der Waals surface area contributed by atoms with Crippen LogP contribution in [0.2, 0.25) is 0 Å². The number of ether oxygens (including phenoxy) is 1. The highest BCUT2D eigenvalue weighted by Crippen LogP contribution is 2.41. The molecule has 0 saturated carbocycles. The fraction of sp³-hybridized carbons (Fsp3) is 0.440. The molecule has 0 aliphatic carbocycles. The number of carbonyl (C=O) groups excluding carboxylic acids is 2. The van der Waals surface area contributed by atoms with Gasteiger partial charge in [0, 0.05) is 5.56 Å².